The van der Waals surface area contributed by atoms with Crippen LogP contribution in [0.3, 0.4) is 0 Å². The Labute approximate surface area is 82.5 Å². The van der Waals surface area contributed by atoms with Gasteiger partial charge in [0.25, 0.3) is 0 Å². The lowest BCUT2D eigenvalue weighted by atomic mass is 10.1. The Hall–Kier alpha value is -0.0800. The van der Waals surface area contributed by atoms with Crippen molar-refractivity contribution < 1.29 is 0 Å². The van der Waals surface area contributed by atoms with Crippen LogP contribution in [0.2, 0.25) is 0 Å². The number of likely N-dealkylation sites (N-methyl/N-ethyl adjacent to an activating group) is 1. The van der Waals surface area contributed by atoms with Crippen LogP contribution in [-0.2, 0) is 0 Å². The Balaban J connectivity index is 1.95. The summed E-state index contributed by atoms with van der Waals surface area (Å²) in [6.45, 7) is 9.98. The van der Waals surface area contributed by atoms with Crippen molar-refractivity contribution in [2.75, 3.05) is 19.6 Å². The summed E-state index contributed by atoms with van der Waals surface area (Å²) in [5.41, 5.74) is 0.248. The van der Waals surface area contributed by atoms with Crippen molar-refractivity contribution in [3.8, 4) is 0 Å². The molecule has 0 unspecified atom stereocenters. The number of nitrogens with one attached hydrogen (secondary N) is 2. The van der Waals surface area contributed by atoms with Crippen LogP contribution in [0.5, 0.6) is 0 Å². The predicted octanol–water partition coefficient (Wildman–Crippen LogP) is 1.76. The smallest absolute Gasteiger partial charge is 0.0249 e. The van der Waals surface area contributed by atoms with E-state index in [1.54, 1.807) is 0 Å². The van der Waals surface area contributed by atoms with Gasteiger partial charge in [0.2, 0.25) is 0 Å². The van der Waals surface area contributed by atoms with Gasteiger partial charge in [-0.05, 0) is 39.3 Å². The summed E-state index contributed by atoms with van der Waals surface area (Å²) in [5.74, 6) is 1.05. The first-order valence-corrected chi connectivity index (χ1v) is 5.60. The van der Waals surface area contributed by atoms with Gasteiger partial charge in [0, 0.05) is 12.1 Å². The van der Waals surface area contributed by atoms with Crippen molar-refractivity contribution in [3.05, 3.63) is 0 Å². The molecule has 0 atom stereocenters. The van der Waals surface area contributed by atoms with Crippen molar-refractivity contribution in [2.45, 2.75) is 45.6 Å². The molecule has 0 aromatic rings. The molecule has 0 aromatic heterocycles. The molecule has 1 rings (SSSR count). The Morgan fingerprint density at radius 2 is 2.00 bits per heavy atom. The van der Waals surface area contributed by atoms with Gasteiger partial charge in [-0.1, -0.05) is 19.8 Å². The Bertz CT molecular complexity index is 139. The summed E-state index contributed by atoms with van der Waals surface area (Å²) in [4.78, 5) is 0. The van der Waals surface area contributed by atoms with Gasteiger partial charge in [-0.15, -0.1) is 0 Å². The molecule has 0 amide bonds. The van der Waals surface area contributed by atoms with E-state index in [4.69, 9.17) is 0 Å². The van der Waals surface area contributed by atoms with E-state index < -0.39 is 0 Å². The van der Waals surface area contributed by atoms with Gasteiger partial charge in [0.15, 0.2) is 0 Å². The van der Waals surface area contributed by atoms with E-state index in [0.29, 0.717) is 0 Å². The second-order valence-corrected chi connectivity index (χ2v) is 4.82. The van der Waals surface area contributed by atoms with Gasteiger partial charge < -0.3 is 10.6 Å². The minimum Gasteiger partial charge on any atom is -0.315 e. The maximum absolute atomic E-state index is 3.52. The molecule has 1 aliphatic carbocycles. The average molecular weight is 184 g/mol. The minimum absolute atomic E-state index is 0.248. The fraction of sp³-hybridized carbons (Fsp3) is 1.00. The van der Waals surface area contributed by atoms with E-state index in [0.717, 1.165) is 19.0 Å². The van der Waals surface area contributed by atoms with Gasteiger partial charge >= 0.3 is 0 Å². The fourth-order valence-electron chi connectivity index (χ4n) is 1.65. The summed E-state index contributed by atoms with van der Waals surface area (Å²) in [7, 11) is 0. The molecular formula is C11H24N2. The van der Waals surface area contributed by atoms with Crippen LogP contribution >= 0.6 is 0 Å². The number of hydrogen-bond donors (Lipinski definition) is 2. The van der Waals surface area contributed by atoms with Crippen molar-refractivity contribution in [1.82, 2.24) is 10.6 Å². The van der Waals surface area contributed by atoms with Gasteiger partial charge in [-0.2, -0.15) is 0 Å². The zero-order chi connectivity index (χ0) is 9.73. The van der Waals surface area contributed by atoms with Crippen LogP contribution in [0.25, 0.3) is 0 Å². The average Bonchev–Trinajstić information content (AvgIpc) is 2.81. The molecule has 1 saturated carbocycles. The van der Waals surface area contributed by atoms with Crippen molar-refractivity contribution in [2.24, 2.45) is 5.92 Å². The lowest BCUT2D eigenvalue weighted by molar-refractivity contribution is 0.371. The predicted molar refractivity (Wildman–Crippen MR) is 58.0 cm³/mol. The topological polar surface area (TPSA) is 24.1 Å². The van der Waals surface area contributed by atoms with E-state index in [2.05, 4.69) is 31.4 Å². The Kier molecular flexibility index (Phi) is 4.20. The summed E-state index contributed by atoms with van der Waals surface area (Å²) in [6.07, 6.45) is 4.32. The summed E-state index contributed by atoms with van der Waals surface area (Å²) >= 11 is 0. The van der Waals surface area contributed by atoms with E-state index in [9.17, 15) is 0 Å². The van der Waals surface area contributed by atoms with E-state index in [1.165, 1.54) is 25.8 Å². The van der Waals surface area contributed by atoms with Gasteiger partial charge in [-0.25, -0.2) is 0 Å². The molecule has 0 bridgehead atoms. The molecule has 1 aliphatic rings. The van der Waals surface area contributed by atoms with Crippen LogP contribution in [0.4, 0.5) is 0 Å². The molecule has 0 radical (unpaired) electrons. The zero-order valence-electron chi connectivity index (χ0n) is 9.32. The molecule has 2 nitrogen and oxygen atoms in total. The molecule has 0 saturated heterocycles. The highest BCUT2D eigenvalue weighted by Crippen LogP contribution is 2.31. The lowest BCUT2D eigenvalue weighted by Gasteiger charge is -2.26. The molecule has 13 heavy (non-hydrogen) atoms. The summed E-state index contributed by atoms with van der Waals surface area (Å²) in [6, 6.07) is 0. The first-order chi connectivity index (χ1) is 6.14. The monoisotopic (exact) mass is 184 g/mol. The molecule has 1 fully saturated rings. The Morgan fingerprint density at radius 3 is 2.54 bits per heavy atom. The van der Waals surface area contributed by atoms with Crippen molar-refractivity contribution in [3.63, 3.8) is 0 Å². The first-order valence-electron chi connectivity index (χ1n) is 5.60. The normalized spacial score (nSPS) is 17.8. The van der Waals surface area contributed by atoms with Crippen LogP contribution in [0.1, 0.15) is 40.0 Å². The van der Waals surface area contributed by atoms with E-state index >= 15 is 0 Å². The number of hydrogen-bond acceptors (Lipinski definition) is 2. The molecule has 78 valence electrons. The molecule has 2 N–H and O–H groups in total. The molecule has 0 spiro atoms. The standard InChI is InChI=1S/C11H24N2/c1-4-13-11(2,3)9-12-8-7-10-5-6-10/h10,12-13H,4-9H2,1-3H3. The zero-order valence-corrected chi connectivity index (χ0v) is 9.32. The summed E-state index contributed by atoms with van der Waals surface area (Å²) < 4.78 is 0. The maximum atomic E-state index is 3.52. The molecule has 0 heterocycles. The third kappa shape index (κ3) is 5.27. The van der Waals surface area contributed by atoms with Crippen molar-refractivity contribution >= 4 is 0 Å². The third-order valence-electron chi connectivity index (χ3n) is 2.65. The first kappa shape index (κ1) is 11.0. The largest absolute Gasteiger partial charge is 0.315 e. The highest BCUT2D eigenvalue weighted by Gasteiger charge is 2.21. The van der Waals surface area contributed by atoms with E-state index in [1.807, 2.05) is 0 Å². The molecule has 0 aliphatic heterocycles. The Morgan fingerprint density at radius 1 is 1.31 bits per heavy atom. The lowest BCUT2D eigenvalue weighted by Crippen LogP contribution is -2.47. The molecule has 2 heteroatoms. The third-order valence-corrected chi connectivity index (χ3v) is 2.65. The molecular weight excluding hydrogens is 160 g/mol. The van der Waals surface area contributed by atoms with Gasteiger partial charge in [0.1, 0.15) is 0 Å². The SMILES string of the molecule is CCNC(C)(C)CNCCC1CC1. The minimum atomic E-state index is 0.248. The van der Waals surface area contributed by atoms with Gasteiger partial charge in [0.05, 0.1) is 0 Å². The summed E-state index contributed by atoms with van der Waals surface area (Å²) in [5, 5.41) is 6.98. The van der Waals surface area contributed by atoms with Crippen LogP contribution in [0.15, 0.2) is 0 Å². The van der Waals surface area contributed by atoms with Gasteiger partial charge in [-0.3, -0.25) is 0 Å². The van der Waals surface area contributed by atoms with Crippen LogP contribution < -0.4 is 10.6 Å². The molecule has 0 aromatic carbocycles. The second kappa shape index (κ2) is 4.97. The quantitative estimate of drug-likeness (QED) is 0.589. The van der Waals surface area contributed by atoms with Crippen LogP contribution in [0, 0.1) is 5.92 Å². The highest BCUT2D eigenvalue weighted by molar-refractivity contribution is 4.80. The second-order valence-electron chi connectivity index (χ2n) is 4.82. The van der Waals surface area contributed by atoms with E-state index in [-0.39, 0.29) is 5.54 Å². The highest BCUT2D eigenvalue weighted by atomic mass is 15.0. The maximum Gasteiger partial charge on any atom is 0.0249 e. The van der Waals surface area contributed by atoms with Crippen LogP contribution in [-0.4, -0.2) is 25.2 Å². The number of rotatable bonds is 7. The van der Waals surface area contributed by atoms with Crippen molar-refractivity contribution in [1.29, 1.82) is 0 Å². The fourth-order valence-corrected chi connectivity index (χ4v) is 1.65.